The SMILES string of the molecule is N[C@@H](CC(=O)O)C(=O)N[C@@H](Cc1cnc[nH]1)C(=O)NCC(=O)O. The molecule has 1 aromatic heterocycles. The van der Waals surface area contributed by atoms with E-state index in [2.05, 4.69) is 20.6 Å². The topological polar surface area (TPSA) is 188 Å². The second kappa shape index (κ2) is 8.48. The molecule has 0 saturated heterocycles. The molecule has 1 heterocycles. The van der Waals surface area contributed by atoms with Crippen LogP contribution >= 0.6 is 0 Å². The van der Waals surface area contributed by atoms with Crippen LogP contribution in [0.2, 0.25) is 0 Å². The minimum absolute atomic E-state index is 0.0109. The summed E-state index contributed by atoms with van der Waals surface area (Å²) in [5.74, 6) is -4.07. The van der Waals surface area contributed by atoms with E-state index in [-0.39, 0.29) is 6.42 Å². The highest BCUT2D eigenvalue weighted by molar-refractivity contribution is 5.92. The maximum absolute atomic E-state index is 12.0. The van der Waals surface area contributed by atoms with Gasteiger partial charge < -0.3 is 31.6 Å². The van der Waals surface area contributed by atoms with Crippen LogP contribution in [0.3, 0.4) is 0 Å². The minimum Gasteiger partial charge on any atom is -0.481 e. The molecule has 0 aliphatic rings. The Morgan fingerprint density at radius 2 is 1.91 bits per heavy atom. The number of hydrogen-bond acceptors (Lipinski definition) is 6. The number of hydrogen-bond donors (Lipinski definition) is 6. The molecule has 2 amide bonds. The van der Waals surface area contributed by atoms with Gasteiger partial charge in [-0.2, -0.15) is 0 Å². The highest BCUT2D eigenvalue weighted by atomic mass is 16.4. The predicted molar refractivity (Wildman–Crippen MR) is 75.1 cm³/mol. The van der Waals surface area contributed by atoms with Crippen molar-refractivity contribution < 1.29 is 29.4 Å². The predicted octanol–water partition coefficient (Wildman–Crippen LogP) is -2.56. The minimum atomic E-state index is -1.33. The van der Waals surface area contributed by atoms with Crippen LogP contribution in [0.25, 0.3) is 0 Å². The number of carbonyl (C=O) groups is 4. The van der Waals surface area contributed by atoms with Gasteiger partial charge in [-0.05, 0) is 0 Å². The van der Waals surface area contributed by atoms with Gasteiger partial charge in [0.05, 0.1) is 18.8 Å². The summed E-state index contributed by atoms with van der Waals surface area (Å²) in [6.07, 6.45) is 2.22. The van der Waals surface area contributed by atoms with Gasteiger partial charge >= 0.3 is 11.9 Å². The maximum atomic E-state index is 12.0. The average Bonchev–Trinajstić information content (AvgIpc) is 2.96. The number of aliphatic carboxylic acids is 2. The van der Waals surface area contributed by atoms with Gasteiger partial charge in [-0.3, -0.25) is 19.2 Å². The summed E-state index contributed by atoms with van der Waals surface area (Å²) < 4.78 is 0. The van der Waals surface area contributed by atoms with E-state index >= 15 is 0 Å². The summed E-state index contributed by atoms with van der Waals surface area (Å²) in [6.45, 7) is -0.616. The number of amides is 2. The van der Waals surface area contributed by atoms with Gasteiger partial charge in [-0.25, -0.2) is 4.98 Å². The third-order valence-electron chi connectivity index (χ3n) is 2.76. The normalized spacial score (nSPS) is 12.9. The number of aromatic nitrogens is 2. The number of H-pyrrole nitrogens is 1. The highest BCUT2D eigenvalue weighted by Crippen LogP contribution is 2.00. The highest BCUT2D eigenvalue weighted by Gasteiger charge is 2.25. The molecule has 11 heteroatoms. The van der Waals surface area contributed by atoms with E-state index in [0.29, 0.717) is 5.69 Å². The van der Waals surface area contributed by atoms with Crippen LogP contribution in [0, 0.1) is 0 Å². The smallest absolute Gasteiger partial charge is 0.322 e. The van der Waals surface area contributed by atoms with Crippen molar-refractivity contribution in [1.82, 2.24) is 20.6 Å². The monoisotopic (exact) mass is 327 g/mol. The lowest BCUT2D eigenvalue weighted by Crippen LogP contribution is -2.53. The van der Waals surface area contributed by atoms with E-state index in [9.17, 15) is 19.2 Å². The third-order valence-corrected chi connectivity index (χ3v) is 2.76. The van der Waals surface area contributed by atoms with Gasteiger partial charge in [0.15, 0.2) is 0 Å². The van der Waals surface area contributed by atoms with E-state index in [1.165, 1.54) is 12.5 Å². The van der Waals surface area contributed by atoms with Crippen molar-refractivity contribution in [1.29, 1.82) is 0 Å². The molecule has 1 rings (SSSR count). The Morgan fingerprint density at radius 1 is 1.22 bits per heavy atom. The zero-order valence-electron chi connectivity index (χ0n) is 12.0. The van der Waals surface area contributed by atoms with Gasteiger partial charge in [-0.15, -0.1) is 0 Å². The fraction of sp³-hybridized carbons (Fsp3) is 0.417. The molecule has 0 aliphatic carbocycles. The zero-order chi connectivity index (χ0) is 17.4. The molecular formula is C12H17N5O6. The Balaban J connectivity index is 2.73. The summed E-state index contributed by atoms with van der Waals surface area (Å²) >= 11 is 0. The first kappa shape index (κ1) is 18.1. The number of carboxylic acids is 2. The lowest BCUT2D eigenvalue weighted by Gasteiger charge is -2.19. The quantitative estimate of drug-likeness (QED) is 0.285. The number of imidazole rings is 1. The number of nitrogens with zero attached hydrogens (tertiary/aromatic N) is 1. The fourth-order valence-corrected chi connectivity index (χ4v) is 1.67. The molecule has 7 N–H and O–H groups in total. The molecular weight excluding hydrogens is 310 g/mol. The Hall–Kier alpha value is -2.95. The lowest BCUT2D eigenvalue weighted by molar-refractivity contribution is -0.140. The van der Waals surface area contributed by atoms with Crippen molar-refractivity contribution in [3.05, 3.63) is 18.2 Å². The zero-order valence-corrected chi connectivity index (χ0v) is 12.0. The molecule has 0 aromatic carbocycles. The van der Waals surface area contributed by atoms with Crippen LogP contribution in [-0.4, -0.2) is 62.6 Å². The molecule has 11 nitrogen and oxygen atoms in total. The largest absolute Gasteiger partial charge is 0.481 e. The fourth-order valence-electron chi connectivity index (χ4n) is 1.67. The van der Waals surface area contributed by atoms with E-state index in [1.54, 1.807) is 0 Å². The summed E-state index contributed by atoms with van der Waals surface area (Å²) in [6, 6.07) is -2.45. The van der Waals surface area contributed by atoms with Gasteiger partial charge in [0.2, 0.25) is 11.8 Å². The van der Waals surface area contributed by atoms with Crippen molar-refractivity contribution in [3.8, 4) is 0 Å². The molecule has 0 spiro atoms. The standard InChI is InChI=1S/C12H17N5O6/c13-7(2-9(18)19)11(22)17-8(1-6-3-14-5-16-6)12(23)15-4-10(20)21/h3,5,7-8H,1-2,4,13H2,(H,14,16)(H,15,23)(H,17,22)(H,18,19)(H,20,21)/t7-,8-/m0/s1. The molecule has 0 bridgehead atoms. The van der Waals surface area contributed by atoms with Crippen molar-refractivity contribution in [2.45, 2.75) is 24.9 Å². The van der Waals surface area contributed by atoms with Crippen LogP contribution in [0.5, 0.6) is 0 Å². The first-order chi connectivity index (χ1) is 10.8. The molecule has 2 atom stereocenters. The first-order valence-electron chi connectivity index (χ1n) is 6.54. The molecule has 0 unspecified atom stereocenters. The lowest BCUT2D eigenvalue weighted by atomic mass is 10.1. The van der Waals surface area contributed by atoms with E-state index in [4.69, 9.17) is 15.9 Å². The van der Waals surface area contributed by atoms with Crippen LogP contribution in [0.4, 0.5) is 0 Å². The molecule has 0 fully saturated rings. The number of carboxylic acid groups (broad SMARTS) is 2. The second-order valence-electron chi connectivity index (χ2n) is 4.66. The molecule has 0 radical (unpaired) electrons. The van der Waals surface area contributed by atoms with E-state index in [0.717, 1.165) is 0 Å². The Morgan fingerprint density at radius 3 is 2.43 bits per heavy atom. The number of rotatable bonds is 9. The van der Waals surface area contributed by atoms with Gasteiger partial charge in [0.25, 0.3) is 0 Å². The van der Waals surface area contributed by atoms with E-state index < -0.39 is 48.8 Å². The van der Waals surface area contributed by atoms with Crippen molar-refractivity contribution in [2.24, 2.45) is 5.73 Å². The van der Waals surface area contributed by atoms with Crippen molar-refractivity contribution >= 4 is 23.8 Å². The van der Waals surface area contributed by atoms with Crippen LogP contribution in [0.15, 0.2) is 12.5 Å². The third kappa shape index (κ3) is 6.56. The van der Waals surface area contributed by atoms with Crippen LogP contribution < -0.4 is 16.4 Å². The summed E-state index contributed by atoms with van der Waals surface area (Å²) in [7, 11) is 0. The number of nitrogens with one attached hydrogen (secondary N) is 3. The maximum Gasteiger partial charge on any atom is 0.322 e. The van der Waals surface area contributed by atoms with Crippen LogP contribution in [-0.2, 0) is 25.6 Å². The first-order valence-corrected chi connectivity index (χ1v) is 6.54. The Bertz CT molecular complexity index is 573. The van der Waals surface area contributed by atoms with Crippen LogP contribution in [0.1, 0.15) is 12.1 Å². The Labute approximate surface area is 130 Å². The van der Waals surface area contributed by atoms with Gasteiger partial charge in [0.1, 0.15) is 12.6 Å². The molecule has 126 valence electrons. The molecule has 23 heavy (non-hydrogen) atoms. The number of nitrogens with two attached hydrogens (primary N) is 1. The Kier molecular flexibility index (Phi) is 6.68. The van der Waals surface area contributed by atoms with Crippen molar-refractivity contribution in [2.75, 3.05) is 6.54 Å². The molecule has 1 aromatic rings. The average molecular weight is 327 g/mol. The number of carbonyl (C=O) groups excluding carboxylic acids is 2. The van der Waals surface area contributed by atoms with Gasteiger partial charge in [0, 0.05) is 18.3 Å². The number of aromatic amines is 1. The van der Waals surface area contributed by atoms with Gasteiger partial charge in [-0.1, -0.05) is 0 Å². The van der Waals surface area contributed by atoms with E-state index in [1.807, 2.05) is 0 Å². The second-order valence-corrected chi connectivity index (χ2v) is 4.66. The summed E-state index contributed by atoms with van der Waals surface area (Å²) in [4.78, 5) is 51.4. The molecule has 0 aliphatic heterocycles. The summed E-state index contributed by atoms with van der Waals surface area (Å²) in [5, 5.41) is 21.6. The summed E-state index contributed by atoms with van der Waals surface area (Å²) in [5.41, 5.74) is 5.94. The molecule has 0 saturated carbocycles. The van der Waals surface area contributed by atoms with Crippen molar-refractivity contribution in [3.63, 3.8) is 0 Å².